The van der Waals surface area contributed by atoms with E-state index in [1.54, 1.807) is 25.3 Å². The molecule has 2 aromatic rings. The van der Waals surface area contributed by atoms with Crippen LogP contribution in [0, 0.1) is 5.82 Å². The second kappa shape index (κ2) is 5.65. The zero-order chi connectivity index (χ0) is 13.1. The number of hydrogen-bond donors (Lipinski definition) is 1. The molecule has 0 aliphatic carbocycles. The Morgan fingerprint density at radius 2 is 2.17 bits per heavy atom. The van der Waals surface area contributed by atoms with Crippen molar-refractivity contribution in [2.75, 3.05) is 7.11 Å². The molecule has 2 N–H and O–H groups in total. The molecule has 0 bridgehead atoms. The molecular weight excluding hydrogens is 301 g/mol. The average molecular weight is 314 g/mol. The van der Waals surface area contributed by atoms with Gasteiger partial charge in [-0.15, -0.1) is 0 Å². The highest BCUT2D eigenvalue weighted by molar-refractivity contribution is 9.10. The van der Waals surface area contributed by atoms with E-state index in [0.29, 0.717) is 22.6 Å². The van der Waals surface area contributed by atoms with Crippen molar-refractivity contribution in [3.8, 4) is 0 Å². The molecule has 0 saturated carbocycles. The Hall–Kier alpha value is -1.17. The van der Waals surface area contributed by atoms with Crippen molar-refractivity contribution in [1.82, 2.24) is 0 Å². The van der Waals surface area contributed by atoms with Gasteiger partial charge in [-0.3, -0.25) is 0 Å². The second-order valence-corrected chi connectivity index (χ2v) is 4.74. The van der Waals surface area contributed by atoms with Crippen LogP contribution in [0.4, 0.5) is 4.39 Å². The third-order valence-corrected chi connectivity index (χ3v) is 3.19. The largest absolute Gasteiger partial charge is 0.462 e. The first-order valence-electron chi connectivity index (χ1n) is 5.40. The summed E-state index contributed by atoms with van der Waals surface area (Å²) in [6.45, 7) is 0.403. The van der Waals surface area contributed by atoms with E-state index in [1.807, 2.05) is 6.07 Å². The minimum Gasteiger partial charge on any atom is -0.462 e. The molecule has 2 rings (SSSR count). The van der Waals surface area contributed by atoms with Crippen LogP contribution in [0.3, 0.4) is 0 Å². The lowest BCUT2D eigenvalue weighted by Gasteiger charge is -2.10. The summed E-state index contributed by atoms with van der Waals surface area (Å²) in [6.07, 6.45) is 0. The highest BCUT2D eigenvalue weighted by Gasteiger charge is 2.14. The monoisotopic (exact) mass is 313 g/mol. The number of halogens is 2. The Labute approximate surface area is 113 Å². The predicted molar refractivity (Wildman–Crippen MR) is 69.6 cm³/mol. The number of rotatable bonds is 4. The molecular formula is C13H13BrFNO2. The lowest BCUT2D eigenvalue weighted by atomic mass is 10.1. The minimum absolute atomic E-state index is 0.314. The van der Waals surface area contributed by atoms with Crippen LogP contribution < -0.4 is 5.73 Å². The van der Waals surface area contributed by atoms with Gasteiger partial charge in [-0.25, -0.2) is 4.39 Å². The van der Waals surface area contributed by atoms with Crippen LogP contribution >= 0.6 is 15.9 Å². The van der Waals surface area contributed by atoms with E-state index < -0.39 is 6.04 Å². The maximum absolute atomic E-state index is 13.1. The maximum atomic E-state index is 13.1. The summed E-state index contributed by atoms with van der Waals surface area (Å²) in [5, 5.41) is 0. The summed E-state index contributed by atoms with van der Waals surface area (Å²) in [5.74, 6) is 1.02. The van der Waals surface area contributed by atoms with Gasteiger partial charge in [-0.2, -0.15) is 0 Å². The molecule has 0 radical (unpaired) electrons. The zero-order valence-electron chi connectivity index (χ0n) is 9.82. The Kier molecular flexibility index (Phi) is 4.16. The van der Waals surface area contributed by atoms with E-state index in [1.165, 1.54) is 6.07 Å². The first-order chi connectivity index (χ1) is 8.61. The molecule has 1 heterocycles. The third-order valence-electron chi connectivity index (χ3n) is 2.58. The molecule has 3 nitrogen and oxygen atoms in total. The van der Waals surface area contributed by atoms with Gasteiger partial charge in [-0.1, -0.05) is 6.07 Å². The minimum atomic E-state index is -0.424. The van der Waals surface area contributed by atoms with Crippen LogP contribution in [0.1, 0.15) is 23.1 Å². The fraction of sp³-hybridized carbons (Fsp3) is 0.231. The average Bonchev–Trinajstić information content (AvgIpc) is 2.81. The standard InChI is InChI=1S/C13H13BrFNO2/c1-17-7-9-3-5-12(18-9)13(16)8-2-4-11(15)10(14)6-8/h2-6,13H,7,16H2,1H3. The molecule has 1 aromatic carbocycles. The summed E-state index contributed by atoms with van der Waals surface area (Å²) in [6, 6.07) is 7.86. The highest BCUT2D eigenvalue weighted by atomic mass is 79.9. The Bertz CT molecular complexity index is 542. The van der Waals surface area contributed by atoms with E-state index in [4.69, 9.17) is 14.9 Å². The molecule has 1 atom stereocenters. The summed E-state index contributed by atoms with van der Waals surface area (Å²) < 4.78 is 24.1. The van der Waals surface area contributed by atoms with E-state index in [2.05, 4.69) is 15.9 Å². The fourth-order valence-electron chi connectivity index (χ4n) is 1.65. The van der Waals surface area contributed by atoms with E-state index in [-0.39, 0.29) is 5.82 Å². The van der Waals surface area contributed by atoms with Gasteiger partial charge in [0.2, 0.25) is 0 Å². The summed E-state index contributed by atoms with van der Waals surface area (Å²) >= 11 is 3.14. The zero-order valence-corrected chi connectivity index (χ0v) is 11.4. The molecule has 0 aliphatic heterocycles. The first-order valence-corrected chi connectivity index (χ1v) is 6.19. The highest BCUT2D eigenvalue weighted by Crippen LogP contribution is 2.25. The Morgan fingerprint density at radius 1 is 1.39 bits per heavy atom. The molecule has 0 spiro atoms. The topological polar surface area (TPSA) is 48.4 Å². The lowest BCUT2D eigenvalue weighted by Crippen LogP contribution is -2.11. The number of ether oxygens (including phenoxy) is 1. The van der Waals surface area contributed by atoms with E-state index >= 15 is 0 Å². The van der Waals surface area contributed by atoms with Crippen molar-refractivity contribution < 1.29 is 13.5 Å². The van der Waals surface area contributed by atoms with Gasteiger partial charge in [0.25, 0.3) is 0 Å². The van der Waals surface area contributed by atoms with E-state index in [0.717, 1.165) is 5.56 Å². The number of furan rings is 1. The summed E-state index contributed by atoms with van der Waals surface area (Å²) in [7, 11) is 1.60. The van der Waals surface area contributed by atoms with Crippen LogP contribution in [0.2, 0.25) is 0 Å². The first kappa shape index (κ1) is 13.3. The number of nitrogens with two attached hydrogens (primary N) is 1. The molecule has 1 unspecified atom stereocenters. The van der Waals surface area contributed by atoms with Crippen LogP contribution in [-0.2, 0) is 11.3 Å². The fourth-order valence-corrected chi connectivity index (χ4v) is 2.05. The smallest absolute Gasteiger partial charge is 0.137 e. The number of hydrogen-bond acceptors (Lipinski definition) is 3. The number of benzene rings is 1. The second-order valence-electron chi connectivity index (χ2n) is 3.89. The van der Waals surface area contributed by atoms with Crippen LogP contribution in [-0.4, -0.2) is 7.11 Å². The quantitative estimate of drug-likeness (QED) is 0.941. The van der Waals surface area contributed by atoms with Crippen LogP contribution in [0.15, 0.2) is 39.2 Å². The van der Waals surface area contributed by atoms with Gasteiger partial charge >= 0.3 is 0 Å². The molecule has 0 fully saturated rings. The third kappa shape index (κ3) is 2.80. The van der Waals surface area contributed by atoms with Crippen molar-refractivity contribution in [3.63, 3.8) is 0 Å². The van der Waals surface area contributed by atoms with Crippen molar-refractivity contribution >= 4 is 15.9 Å². The molecule has 0 amide bonds. The maximum Gasteiger partial charge on any atom is 0.137 e. The van der Waals surface area contributed by atoms with Crippen molar-refractivity contribution in [1.29, 1.82) is 0 Å². The van der Waals surface area contributed by atoms with Gasteiger partial charge in [0, 0.05) is 7.11 Å². The van der Waals surface area contributed by atoms with Crippen molar-refractivity contribution in [2.45, 2.75) is 12.6 Å². The van der Waals surface area contributed by atoms with Gasteiger partial charge in [0.15, 0.2) is 0 Å². The molecule has 1 aromatic heterocycles. The van der Waals surface area contributed by atoms with Crippen LogP contribution in [0.25, 0.3) is 0 Å². The molecule has 96 valence electrons. The van der Waals surface area contributed by atoms with Crippen LogP contribution in [0.5, 0.6) is 0 Å². The van der Waals surface area contributed by atoms with Gasteiger partial charge in [0.05, 0.1) is 10.5 Å². The molecule has 18 heavy (non-hydrogen) atoms. The lowest BCUT2D eigenvalue weighted by molar-refractivity contribution is 0.162. The van der Waals surface area contributed by atoms with Gasteiger partial charge < -0.3 is 14.9 Å². The van der Waals surface area contributed by atoms with Crippen molar-refractivity contribution in [2.24, 2.45) is 5.73 Å². The summed E-state index contributed by atoms with van der Waals surface area (Å²) in [4.78, 5) is 0. The van der Waals surface area contributed by atoms with Crippen molar-refractivity contribution in [3.05, 3.63) is 57.7 Å². The van der Waals surface area contributed by atoms with E-state index in [9.17, 15) is 4.39 Å². The normalized spacial score (nSPS) is 12.7. The molecule has 0 aliphatic rings. The Balaban J connectivity index is 2.23. The SMILES string of the molecule is COCc1ccc(C(N)c2ccc(F)c(Br)c2)o1. The Morgan fingerprint density at radius 3 is 2.83 bits per heavy atom. The molecule has 0 saturated heterocycles. The summed E-state index contributed by atoms with van der Waals surface area (Å²) in [5.41, 5.74) is 6.85. The van der Waals surface area contributed by atoms with Gasteiger partial charge in [0.1, 0.15) is 23.9 Å². The predicted octanol–water partition coefficient (Wildman–Crippen LogP) is 3.38. The van der Waals surface area contributed by atoms with Gasteiger partial charge in [-0.05, 0) is 45.8 Å². The number of methoxy groups -OCH3 is 1. The molecule has 5 heteroatoms.